The van der Waals surface area contributed by atoms with Gasteiger partial charge in [-0.1, -0.05) is 25.0 Å². The van der Waals surface area contributed by atoms with Gasteiger partial charge in [-0.25, -0.2) is 9.78 Å². The van der Waals surface area contributed by atoms with Gasteiger partial charge in [-0.3, -0.25) is 14.5 Å². The number of carbonyl (C=O) groups is 3. The highest BCUT2D eigenvalue weighted by atomic mass is 16.5. The smallest absolute Gasteiger partial charge is 0.359 e. The van der Waals surface area contributed by atoms with Crippen LogP contribution >= 0.6 is 0 Å². The van der Waals surface area contributed by atoms with Crippen molar-refractivity contribution < 1.29 is 19.1 Å². The van der Waals surface area contributed by atoms with Gasteiger partial charge in [0.1, 0.15) is 11.2 Å². The van der Waals surface area contributed by atoms with Crippen LogP contribution in [-0.2, 0) is 14.3 Å². The first-order valence-electron chi connectivity index (χ1n) is 10.3. The number of hydrogen-bond donors (Lipinski definition) is 1. The number of fused-ring (bicyclic) bond motifs is 2. The fraction of sp³-hybridized carbons (Fsp3) is 0.304. The Morgan fingerprint density at radius 3 is 2.77 bits per heavy atom. The lowest BCUT2D eigenvalue weighted by Crippen LogP contribution is -2.61. The molecule has 2 aliphatic rings. The number of esters is 1. The summed E-state index contributed by atoms with van der Waals surface area (Å²) in [5.74, 6) is -1.28. The number of nitrogens with zero attached hydrogens (tertiary/aromatic N) is 3. The molecule has 0 radical (unpaired) electrons. The molecule has 1 aliphatic carbocycles. The number of aryl methyl sites for hydroxylation is 1. The third kappa shape index (κ3) is 3.15. The van der Waals surface area contributed by atoms with Gasteiger partial charge in [0, 0.05) is 12.4 Å². The zero-order valence-electron chi connectivity index (χ0n) is 17.1. The predicted octanol–water partition coefficient (Wildman–Crippen LogP) is 3.10. The number of nitrogens with one attached hydrogen (secondary N) is 1. The van der Waals surface area contributed by atoms with Gasteiger partial charge in [-0.15, -0.1) is 0 Å². The Bertz CT molecular complexity index is 1210. The van der Waals surface area contributed by atoms with Crippen LogP contribution in [0.25, 0.3) is 5.65 Å². The minimum absolute atomic E-state index is 0.130. The fourth-order valence-corrected chi connectivity index (χ4v) is 4.58. The Kier molecular flexibility index (Phi) is 4.50. The molecule has 1 aromatic carbocycles. The van der Waals surface area contributed by atoms with Crippen LogP contribution in [0.1, 0.15) is 41.7 Å². The third-order valence-electron chi connectivity index (χ3n) is 6.08. The second-order valence-electron chi connectivity index (χ2n) is 8.11. The Morgan fingerprint density at radius 2 is 1.97 bits per heavy atom. The van der Waals surface area contributed by atoms with Crippen molar-refractivity contribution in [3.8, 4) is 0 Å². The number of benzene rings is 1. The monoisotopic (exact) mass is 418 g/mol. The van der Waals surface area contributed by atoms with Crippen LogP contribution < -0.4 is 10.2 Å². The molecule has 5 rings (SSSR count). The number of pyridine rings is 1. The van der Waals surface area contributed by atoms with E-state index in [1.165, 1.54) is 4.90 Å². The molecule has 31 heavy (non-hydrogen) atoms. The second kappa shape index (κ2) is 7.23. The molecule has 8 heteroatoms. The van der Waals surface area contributed by atoms with Gasteiger partial charge in [-0.05, 0) is 49.6 Å². The van der Waals surface area contributed by atoms with E-state index < -0.39 is 24.0 Å². The molecule has 8 nitrogen and oxygen atoms in total. The normalized spacial score (nSPS) is 16.9. The first kappa shape index (κ1) is 19.3. The maximum Gasteiger partial charge on any atom is 0.359 e. The molecule has 1 spiro atoms. The van der Waals surface area contributed by atoms with E-state index in [1.54, 1.807) is 28.8 Å². The Morgan fingerprint density at radius 1 is 1.19 bits per heavy atom. The predicted molar refractivity (Wildman–Crippen MR) is 114 cm³/mol. The third-order valence-corrected chi connectivity index (χ3v) is 6.08. The van der Waals surface area contributed by atoms with Crippen LogP contribution in [0.15, 0.2) is 48.8 Å². The second-order valence-corrected chi connectivity index (χ2v) is 8.11. The largest absolute Gasteiger partial charge is 0.451 e. The van der Waals surface area contributed by atoms with Crippen molar-refractivity contribution >= 4 is 34.8 Å². The van der Waals surface area contributed by atoms with E-state index >= 15 is 0 Å². The number of ether oxygens (including phenoxy) is 1. The Balaban J connectivity index is 1.39. The van der Waals surface area contributed by atoms with Gasteiger partial charge in [0.25, 0.3) is 11.8 Å². The number of hydrogen-bond acceptors (Lipinski definition) is 5. The molecule has 0 unspecified atom stereocenters. The quantitative estimate of drug-likeness (QED) is 0.660. The molecule has 2 amide bonds. The average Bonchev–Trinajstić information content (AvgIpc) is 3.40. The lowest BCUT2D eigenvalue weighted by atomic mass is 9.90. The van der Waals surface area contributed by atoms with E-state index in [1.807, 2.05) is 31.3 Å². The lowest BCUT2D eigenvalue weighted by molar-refractivity contribution is -0.129. The van der Waals surface area contributed by atoms with Crippen LogP contribution in [-0.4, -0.2) is 39.3 Å². The van der Waals surface area contributed by atoms with Crippen molar-refractivity contribution in [1.29, 1.82) is 0 Å². The van der Waals surface area contributed by atoms with E-state index in [-0.39, 0.29) is 11.6 Å². The number of imidazole rings is 1. The summed E-state index contributed by atoms with van der Waals surface area (Å²) in [4.78, 5) is 44.6. The molecule has 3 aromatic rings. The van der Waals surface area contributed by atoms with Crippen LogP contribution in [0.2, 0.25) is 0 Å². The van der Waals surface area contributed by atoms with Crippen LogP contribution in [0, 0.1) is 6.92 Å². The molecular weight excluding hydrogens is 396 g/mol. The molecule has 2 aromatic heterocycles. The molecule has 0 bridgehead atoms. The number of anilines is 2. The summed E-state index contributed by atoms with van der Waals surface area (Å²) in [5.41, 5.74) is 2.07. The highest BCUT2D eigenvalue weighted by Crippen LogP contribution is 2.45. The molecule has 0 saturated heterocycles. The first-order valence-corrected chi connectivity index (χ1v) is 10.3. The molecule has 1 fully saturated rings. The zero-order chi connectivity index (χ0) is 21.6. The first-order chi connectivity index (χ1) is 15.0. The number of para-hydroxylation sites is 2. The van der Waals surface area contributed by atoms with Gasteiger partial charge >= 0.3 is 5.97 Å². The minimum atomic E-state index is -0.932. The number of rotatable bonds is 3. The molecule has 1 aliphatic heterocycles. The van der Waals surface area contributed by atoms with Crippen molar-refractivity contribution in [2.24, 2.45) is 0 Å². The summed E-state index contributed by atoms with van der Waals surface area (Å²) in [6.07, 6.45) is 6.27. The summed E-state index contributed by atoms with van der Waals surface area (Å²) >= 11 is 0. The van der Waals surface area contributed by atoms with Crippen LogP contribution in [0.3, 0.4) is 0 Å². The van der Waals surface area contributed by atoms with Gasteiger partial charge < -0.3 is 14.5 Å². The van der Waals surface area contributed by atoms with Crippen molar-refractivity contribution in [2.75, 3.05) is 16.8 Å². The summed E-state index contributed by atoms with van der Waals surface area (Å²) in [6.45, 7) is 1.48. The van der Waals surface area contributed by atoms with Gasteiger partial charge in [0.15, 0.2) is 12.3 Å². The van der Waals surface area contributed by atoms with Crippen molar-refractivity contribution in [3.63, 3.8) is 0 Å². The number of aromatic nitrogens is 2. The number of amides is 2. The van der Waals surface area contributed by atoms with Gasteiger partial charge in [-0.2, -0.15) is 0 Å². The van der Waals surface area contributed by atoms with E-state index in [2.05, 4.69) is 10.3 Å². The Hall–Kier alpha value is -3.68. The van der Waals surface area contributed by atoms with Crippen LogP contribution in [0.4, 0.5) is 11.4 Å². The minimum Gasteiger partial charge on any atom is -0.451 e. The topological polar surface area (TPSA) is 93.0 Å². The van der Waals surface area contributed by atoms with Crippen LogP contribution in [0.5, 0.6) is 0 Å². The average molecular weight is 418 g/mol. The molecule has 0 atom stereocenters. The molecule has 3 heterocycles. The van der Waals surface area contributed by atoms with E-state index in [4.69, 9.17) is 4.74 Å². The van der Waals surface area contributed by atoms with Gasteiger partial charge in [0.2, 0.25) is 0 Å². The SMILES string of the molecule is Cc1ccn2cc(C(=O)OCC(=O)N3c4ccccc4NC(=O)C34CCCC4)nc2c1. The van der Waals surface area contributed by atoms with Gasteiger partial charge in [0.05, 0.1) is 11.4 Å². The summed E-state index contributed by atoms with van der Waals surface area (Å²) < 4.78 is 7.04. The number of carbonyl (C=O) groups excluding carboxylic acids is 3. The van der Waals surface area contributed by atoms with Crippen molar-refractivity contribution in [2.45, 2.75) is 38.1 Å². The highest BCUT2D eigenvalue weighted by molar-refractivity contribution is 6.15. The van der Waals surface area contributed by atoms with Crippen molar-refractivity contribution in [3.05, 3.63) is 60.0 Å². The molecule has 1 saturated carbocycles. The van der Waals surface area contributed by atoms with E-state index in [0.717, 1.165) is 18.4 Å². The summed E-state index contributed by atoms with van der Waals surface area (Å²) in [5, 5.41) is 2.93. The molecular formula is C23H22N4O4. The summed E-state index contributed by atoms with van der Waals surface area (Å²) in [7, 11) is 0. The molecule has 158 valence electrons. The maximum atomic E-state index is 13.3. The van der Waals surface area contributed by atoms with E-state index in [0.29, 0.717) is 29.9 Å². The lowest BCUT2D eigenvalue weighted by Gasteiger charge is -2.44. The maximum absolute atomic E-state index is 13.3. The zero-order valence-corrected chi connectivity index (χ0v) is 17.1. The van der Waals surface area contributed by atoms with Crippen molar-refractivity contribution in [1.82, 2.24) is 9.38 Å². The standard InChI is InChI=1S/C23H22N4O4/c1-15-8-11-26-13-17(24-19(26)12-15)21(29)31-14-20(28)27-18-7-3-2-6-16(18)25-22(30)23(27)9-4-5-10-23/h2-3,6-8,11-13H,4-5,9-10,14H2,1H3,(H,25,30). The molecule has 1 N–H and O–H groups in total. The fourth-order valence-electron chi connectivity index (χ4n) is 4.58. The summed E-state index contributed by atoms with van der Waals surface area (Å²) in [6, 6.07) is 11.0. The Labute approximate surface area is 178 Å². The van der Waals surface area contributed by atoms with E-state index in [9.17, 15) is 14.4 Å². The highest BCUT2D eigenvalue weighted by Gasteiger charge is 2.52.